The van der Waals surface area contributed by atoms with E-state index in [0.29, 0.717) is 18.0 Å². The molecule has 0 aromatic rings. The summed E-state index contributed by atoms with van der Waals surface area (Å²) in [6.45, 7) is 12.4. The second kappa shape index (κ2) is 9.77. The van der Waals surface area contributed by atoms with E-state index in [1.54, 1.807) is 0 Å². The van der Waals surface area contributed by atoms with E-state index in [9.17, 15) is 4.79 Å². The van der Waals surface area contributed by atoms with Crippen LogP contribution in [-0.4, -0.2) is 54.9 Å². The lowest BCUT2D eigenvalue weighted by Gasteiger charge is -2.35. The molecule has 0 radical (unpaired) electrons. The Balaban J connectivity index is 1.68. The molecule has 5 nitrogen and oxygen atoms in total. The summed E-state index contributed by atoms with van der Waals surface area (Å²) in [5.41, 5.74) is -0.427. The highest BCUT2D eigenvalue weighted by Crippen LogP contribution is 2.27. The summed E-state index contributed by atoms with van der Waals surface area (Å²) in [4.78, 5) is 14.5. The van der Waals surface area contributed by atoms with Crippen molar-refractivity contribution in [2.45, 2.75) is 90.3 Å². The van der Waals surface area contributed by atoms with Gasteiger partial charge in [-0.2, -0.15) is 0 Å². The van der Waals surface area contributed by atoms with E-state index in [2.05, 4.69) is 22.5 Å². The molecule has 1 aliphatic heterocycles. The first-order valence-corrected chi connectivity index (χ1v) is 10.3. The van der Waals surface area contributed by atoms with Gasteiger partial charge in [0, 0.05) is 18.6 Å². The molecule has 2 fully saturated rings. The van der Waals surface area contributed by atoms with Gasteiger partial charge in [-0.1, -0.05) is 19.8 Å². The number of nitrogens with one attached hydrogen (secondary N) is 2. The average molecular weight is 354 g/mol. The molecule has 0 bridgehead atoms. The molecular formula is C20H39N3O2. The van der Waals surface area contributed by atoms with Crippen LogP contribution in [0.3, 0.4) is 0 Å². The maximum atomic E-state index is 11.9. The van der Waals surface area contributed by atoms with Gasteiger partial charge in [0.2, 0.25) is 0 Å². The number of piperidine rings is 1. The van der Waals surface area contributed by atoms with Gasteiger partial charge in [-0.25, -0.2) is 4.79 Å². The monoisotopic (exact) mass is 353 g/mol. The molecule has 2 rings (SSSR count). The maximum absolute atomic E-state index is 11.9. The van der Waals surface area contributed by atoms with Crippen LogP contribution in [0.25, 0.3) is 0 Å². The van der Waals surface area contributed by atoms with Gasteiger partial charge in [0.25, 0.3) is 0 Å². The van der Waals surface area contributed by atoms with E-state index >= 15 is 0 Å². The minimum Gasteiger partial charge on any atom is -0.444 e. The van der Waals surface area contributed by atoms with Crippen molar-refractivity contribution in [1.82, 2.24) is 15.5 Å². The van der Waals surface area contributed by atoms with Crippen LogP contribution in [-0.2, 0) is 4.74 Å². The minimum absolute atomic E-state index is 0.289. The zero-order valence-corrected chi connectivity index (χ0v) is 16.8. The van der Waals surface area contributed by atoms with Crippen molar-refractivity contribution in [3.63, 3.8) is 0 Å². The number of nitrogens with zero attached hydrogens (tertiary/aromatic N) is 1. The Morgan fingerprint density at radius 3 is 2.52 bits per heavy atom. The van der Waals surface area contributed by atoms with Gasteiger partial charge < -0.3 is 20.3 Å². The Hall–Kier alpha value is -0.810. The molecule has 1 aliphatic carbocycles. The number of amides is 1. The van der Waals surface area contributed by atoms with Crippen LogP contribution in [0.5, 0.6) is 0 Å². The van der Waals surface area contributed by atoms with Crippen LogP contribution < -0.4 is 10.6 Å². The lowest BCUT2D eigenvalue weighted by atomic mass is 9.99. The van der Waals surface area contributed by atoms with Crippen LogP contribution in [0.2, 0.25) is 0 Å². The van der Waals surface area contributed by atoms with Gasteiger partial charge in [-0.3, -0.25) is 0 Å². The van der Waals surface area contributed by atoms with Gasteiger partial charge >= 0.3 is 6.09 Å². The normalized spacial score (nSPS) is 25.9. The van der Waals surface area contributed by atoms with Crippen molar-refractivity contribution >= 4 is 6.09 Å². The summed E-state index contributed by atoms with van der Waals surface area (Å²) in [7, 11) is 0. The molecule has 2 aliphatic rings. The Bertz CT molecular complexity index is 400. The Morgan fingerprint density at radius 2 is 1.88 bits per heavy atom. The number of likely N-dealkylation sites (tertiary alicyclic amines) is 1. The summed E-state index contributed by atoms with van der Waals surface area (Å²) >= 11 is 0. The lowest BCUT2D eigenvalue weighted by Crippen LogP contribution is -2.49. The highest BCUT2D eigenvalue weighted by atomic mass is 16.6. The van der Waals surface area contributed by atoms with Gasteiger partial charge in [0.05, 0.1) is 0 Å². The molecule has 0 aromatic carbocycles. The van der Waals surface area contributed by atoms with Crippen LogP contribution in [0.15, 0.2) is 0 Å². The highest BCUT2D eigenvalue weighted by Gasteiger charge is 2.30. The number of carbonyl (C=O) groups excluding carboxylic acids is 1. The Kier molecular flexibility index (Phi) is 8.01. The van der Waals surface area contributed by atoms with Gasteiger partial charge in [-0.15, -0.1) is 0 Å². The van der Waals surface area contributed by atoms with E-state index in [1.807, 2.05) is 20.8 Å². The number of ether oxygens (including phenoxy) is 1. The predicted molar refractivity (Wildman–Crippen MR) is 103 cm³/mol. The van der Waals surface area contributed by atoms with Crippen molar-refractivity contribution in [1.29, 1.82) is 0 Å². The van der Waals surface area contributed by atoms with E-state index in [4.69, 9.17) is 4.74 Å². The average Bonchev–Trinajstić information content (AvgIpc) is 2.98. The van der Waals surface area contributed by atoms with E-state index in [1.165, 1.54) is 64.6 Å². The van der Waals surface area contributed by atoms with Crippen molar-refractivity contribution in [2.75, 3.05) is 26.2 Å². The second-order valence-corrected chi connectivity index (χ2v) is 8.82. The quantitative estimate of drug-likeness (QED) is 0.735. The molecule has 25 heavy (non-hydrogen) atoms. The summed E-state index contributed by atoms with van der Waals surface area (Å²) in [5.74, 6) is 0.533. The fourth-order valence-electron chi connectivity index (χ4n) is 4.04. The van der Waals surface area contributed by atoms with Gasteiger partial charge in [0.1, 0.15) is 5.60 Å². The van der Waals surface area contributed by atoms with Crippen LogP contribution in [0.4, 0.5) is 4.79 Å². The number of hydrogen-bond acceptors (Lipinski definition) is 4. The Labute approximate surface area is 154 Å². The standard InChI is InChI=1S/C20H39N3O2/c1-5-6-12-23-13-10-17(11-14-23)22-18-9-7-8-16(18)15-21-19(24)25-20(2,3)4/h16-18,22H,5-15H2,1-4H3,(H,21,24). The molecule has 0 aromatic heterocycles. The molecule has 1 amide bonds. The maximum Gasteiger partial charge on any atom is 0.407 e. The van der Waals surface area contributed by atoms with Crippen LogP contribution in [0.1, 0.15) is 72.6 Å². The van der Waals surface area contributed by atoms with Gasteiger partial charge in [0.15, 0.2) is 0 Å². The summed E-state index contributed by atoms with van der Waals surface area (Å²) < 4.78 is 5.35. The topological polar surface area (TPSA) is 53.6 Å². The number of unbranched alkanes of at least 4 members (excludes halogenated alkanes) is 1. The zero-order valence-electron chi connectivity index (χ0n) is 16.8. The van der Waals surface area contributed by atoms with Crippen LogP contribution in [0, 0.1) is 5.92 Å². The fourth-order valence-corrected chi connectivity index (χ4v) is 4.04. The molecule has 1 heterocycles. The van der Waals surface area contributed by atoms with Crippen molar-refractivity contribution in [2.24, 2.45) is 5.92 Å². The summed E-state index contributed by atoms with van der Waals surface area (Å²) in [6, 6.07) is 1.19. The molecule has 1 saturated carbocycles. The molecule has 2 N–H and O–H groups in total. The lowest BCUT2D eigenvalue weighted by molar-refractivity contribution is 0.0516. The van der Waals surface area contributed by atoms with Crippen molar-refractivity contribution < 1.29 is 9.53 Å². The third-order valence-electron chi connectivity index (χ3n) is 5.43. The third-order valence-corrected chi connectivity index (χ3v) is 5.43. The second-order valence-electron chi connectivity index (χ2n) is 8.82. The summed E-state index contributed by atoms with van der Waals surface area (Å²) in [5, 5.41) is 6.87. The molecule has 2 unspecified atom stereocenters. The molecule has 2 atom stereocenters. The number of carbonyl (C=O) groups is 1. The van der Waals surface area contributed by atoms with Crippen molar-refractivity contribution in [3.05, 3.63) is 0 Å². The smallest absolute Gasteiger partial charge is 0.407 e. The summed E-state index contributed by atoms with van der Waals surface area (Å²) in [6.07, 6.45) is 8.51. The molecular weight excluding hydrogens is 314 g/mol. The highest BCUT2D eigenvalue weighted by molar-refractivity contribution is 5.67. The van der Waals surface area contributed by atoms with Gasteiger partial charge in [-0.05, 0) is 78.4 Å². The minimum atomic E-state index is -0.427. The number of alkyl carbamates (subject to hydrolysis) is 1. The molecule has 146 valence electrons. The SMILES string of the molecule is CCCCN1CCC(NC2CCCC2CNC(=O)OC(C)(C)C)CC1. The van der Waals surface area contributed by atoms with Crippen molar-refractivity contribution in [3.8, 4) is 0 Å². The first-order chi connectivity index (χ1) is 11.9. The van der Waals surface area contributed by atoms with Crippen LogP contribution >= 0.6 is 0 Å². The first kappa shape index (κ1) is 20.5. The largest absolute Gasteiger partial charge is 0.444 e. The fraction of sp³-hybridized carbons (Fsp3) is 0.950. The molecule has 0 spiro atoms. The number of hydrogen-bond donors (Lipinski definition) is 2. The van der Waals surface area contributed by atoms with E-state index < -0.39 is 5.60 Å². The number of rotatable bonds is 7. The van der Waals surface area contributed by atoms with E-state index in [-0.39, 0.29) is 6.09 Å². The molecule has 1 saturated heterocycles. The first-order valence-electron chi connectivity index (χ1n) is 10.3. The molecule has 5 heteroatoms. The third kappa shape index (κ3) is 7.53. The zero-order chi connectivity index (χ0) is 18.3. The van der Waals surface area contributed by atoms with E-state index in [0.717, 1.165) is 6.54 Å². The Morgan fingerprint density at radius 1 is 1.16 bits per heavy atom. The predicted octanol–water partition coefficient (Wildman–Crippen LogP) is 3.53.